The van der Waals surface area contributed by atoms with Crippen molar-refractivity contribution in [2.75, 3.05) is 24.4 Å². The van der Waals surface area contributed by atoms with Gasteiger partial charge in [-0.25, -0.2) is 0 Å². The Balaban J connectivity index is 2.12. The van der Waals surface area contributed by atoms with Gasteiger partial charge in [0.15, 0.2) is 0 Å². The average Bonchev–Trinajstić information content (AvgIpc) is 2.26. The van der Waals surface area contributed by atoms with E-state index in [-0.39, 0.29) is 11.4 Å². The average molecular weight is 232 g/mol. The van der Waals surface area contributed by atoms with E-state index in [1.807, 2.05) is 25.2 Å². The number of carbonyl (C=O) groups is 1. The normalized spacial score (nSPS) is 20.6. The number of fused-ring (bicyclic) bond motifs is 1. The predicted octanol–water partition coefficient (Wildman–Crippen LogP) is 2.01. The fraction of sp³-hybridized carbons (Fsp3) is 0.462. The molecule has 1 spiro atoms. The summed E-state index contributed by atoms with van der Waals surface area (Å²) in [5.41, 5.74) is 1.52. The third-order valence-electron chi connectivity index (χ3n) is 4.07. The fourth-order valence-electron chi connectivity index (χ4n) is 2.78. The Hall–Kier alpha value is -1.71. The van der Waals surface area contributed by atoms with Gasteiger partial charge in [-0.2, -0.15) is 0 Å². The van der Waals surface area contributed by atoms with Crippen molar-refractivity contribution < 1.29 is 9.53 Å². The van der Waals surface area contributed by atoms with E-state index in [1.165, 1.54) is 0 Å². The summed E-state index contributed by atoms with van der Waals surface area (Å²) in [6.07, 6.45) is 3.00. The van der Waals surface area contributed by atoms with Crippen LogP contribution in [-0.2, 0) is 4.79 Å². The molecule has 0 saturated heterocycles. The summed E-state index contributed by atoms with van der Waals surface area (Å²) in [4.78, 5) is 14.3. The van der Waals surface area contributed by atoms with E-state index in [4.69, 9.17) is 4.74 Å². The maximum atomic E-state index is 12.2. The van der Waals surface area contributed by atoms with E-state index in [0.29, 0.717) is 0 Å². The Kier molecular flexibility index (Phi) is 2.08. The smallest absolute Gasteiger partial charge is 0.250 e. The molecule has 1 aliphatic heterocycles. The third-order valence-corrected chi connectivity index (χ3v) is 4.07. The number of anilines is 2. The molecule has 0 unspecified atom stereocenters. The maximum Gasteiger partial charge on any atom is 0.250 e. The second-order valence-electron chi connectivity index (χ2n) is 4.75. The summed E-state index contributed by atoms with van der Waals surface area (Å²) in [6.45, 7) is 0. The van der Waals surface area contributed by atoms with Crippen LogP contribution in [0.5, 0.6) is 5.75 Å². The highest BCUT2D eigenvalue weighted by molar-refractivity contribution is 6.08. The van der Waals surface area contributed by atoms with Gasteiger partial charge in [-0.15, -0.1) is 0 Å². The second kappa shape index (κ2) is 3.39. The number of methoxy groups -OCH3 is 1. The van der Waals surface area contributed by atoms with Gasteiger partial charge in [-0.05, 0) is 31.4 Å². The predicted molar refractivity (Wildman–Crippen MR) is 66.6 cm³/mol. The minimum Gasteiger partial charge on any atom is -0.494 e. The van der Waals surface area contributed by atoms with Crippen LogP contribution in [0.4, 0.5) is 11.4 Å². The minimum atomic E-state index is -0.320. The Bertz CT molecular complexity index is 480. The number of hydrogen-bond acceptors (Lipinski definition) is 3. The third kappa shape index (κ3) is 1.21. The molecule has 2 aliphatic rings. The molecular weight excluding hydrogens is 216 g/mol. The van der Waals surface area contributed by atoms with Crippen molar-refractivity contribution in [3.8, 4) is 5.75 Å². The van der Waals surface area contributed by atoms with E-state index in [0.717, 1.165) is 36.4 Å². The highest BCUT2D eigenvalue weighted by Gasteiger charge is 2.51. The lowest BCUT2D eigenvalue weighted by Crippen LogP contribution is -2.62. The first-order chi connectivity index (χ1) is 8.19. The van der Waals surface area contributed by atoms with Gasteiger partial charge in [0.1, 0.15) is 17.0 Å². The summed E-state index contributed by atoms with van der Waals surface area (Å²) in [5.74, 6) is 0.820. The van der Waals surface area contributed by atoms with Crippen molar-refractivity contribution in [1.82, 2.24) is 0 Å². The zero-order valence-electron chi connectivity index (χ0n) is 10.1. The van der Waals surface area contributed by atoms with Gasteiger partial charge in [0.25, 0.3) is 0 Å². The molecular formula is C13H16N2O2. The lowest BCUT2D eigenvalue weighted by molar-refractivity contribution is -0.124. The van der Waals surface area contributed by atoms with Crippen molar-refractivity contribution in [1.29, 1.82) is 0 Å². The Morgan fingerprint density at radius 2 is 2.18 bits per heavy atom. The first kappa shape index (κ1) is 10.4. The molecule has 0 atom stereocenters. The highest BCUT2D eigenvalue weighted by Crippen LogP contribution is 2.48. The van der Waals surface area contributed by atoms with Crippen LogP contribution < -0.4 is 15.0 Å². The standard InChI is InChI=1S/C13H16N2O2/c1-15-9-5-3-6-10(17-2)11(9)14-12(16)13(15)7-4-8-13/h3,5-6H,4,7-8H2,1-2H3,(H,14,16). The van der Waals surface area contributed by atoms with Crippen molar-refractivity contribution >= 4 is 17.3 Å². The van der Waals surface area contributed by atoms with Gasteiger partial charge in [-0.3, -0.25) is 4.79 Å². The molecule has 17 heavy (non-hydrogen) atoms. The quantitative estimate of drug-likeness (QED) is 0.805. The van der Waals surface area contributed by atoms with Gasteiger partial charge in [0, 0.05) is 7.05 Å². The number of nitrogens with zero attached hydrogens (tertiary/aromatic N) is 1. The molecule has 90 valence electrons. The van der Waals surface area contributed by atoms with E-state index < -0.39 is 0 Å². The van der Waals surface area contributed by atoms with Crippen LogP contribution >= 0.6 is 0 Å². The lowest BCUT2D eigenvalue weighted by atomic mass is 9.73. The van der Waals surface area contributed by atoms with Gasteiger partial charge >= 0.3 is 0 Å². The first-order valence-corrected chi connectivity index (χ1v) is 5.91. The van der Waals surface area contributed by atoms with Crippen LogP contribution in [0.25, 0.3) is 0 Å². The molecule has 0 bridgehead atoms. The molecule has 1 aromatic rings. The molecule has 1 saturated carbocycles. The Morgan fingerprint density at radius 3 is 2.76 bits per heavy atom. The van der Waals surface area contributed by atoms with E-state index >= 15 is 0 Å². The summed E-state index contributed by atoms with van der Waals surface area (Å²) in [5, 5.41) is 3.00. The maximum absolute atomic E-state index is 12.2. The van der Waals surface area contributed by atoms with Crippen molar-refractivity contribution in [3.05, 3.63) is 18.2 Å². The van der Waals surface area contributed by atoms with Gasteiger partial charge in [0.05, 0.1) is 12.8 Å². The number of para-hydroxylation sites is 1. The number of benzene rings is 1. The number of ether oxygens (including phenoxy) is 1. The number of nitrogens with one attached hydrogen (secondary N) is 1. The second-order valence-corrected chi connectivity index (χ2v) is 4.75. The lowest BCUT2D eigenvalue weighted by Gasteiger charge is -2.51. The molecule has 1 N–H and O–H groups in total. The molecule has 0 aromatic heterocycles. The van der Waals surface area contributed by atoms with Gasteiger partial charge < -0.3 is 15.0 Å². The number of carbonyl (C=O) groups excluding carboxylic acids is 1. The number of rotatable bonds is 1. The SMILES string of the molecule is COc1cccc2c1NC(=O)C1(CCC1)N2C. The molecule has 1 heterocycles. The number of likely N-dealkylation sites (N-methyl/N-ethyl adjacent to an activating group) is 1. The topological polar surface area (TPSA) is 41.6 Å². The van der Waals surface area contributed by atoms with Crippen LogP contribution in [0, 0.1) is 0 Å². The zero-order chi connectivity index (χ0) is 12.0. The van der Waals surface area contributed by atoms with Crippen molar-refractivity contribution in [3.63, 3.8) is 0 Å². The van der Waals surface area contributed by atoms with E-state index in [2.05, 4.69) is 10.2 Å². The number of amides is 1. The summed E-state index contributed by atoms with van der Waals surface area (Å²) >= 11 is 0. The van der Waals surface area contributed by atoms with Crippen LogP contribution in [0.2, 0.25) is 0 Å². The van der Waals surface area contributed by atoms with Crippen molar-refractivity contribution in [2.45, 2.75) is 24.8 Å². The molecule has 4 heteroatoms. The fourth-order valence-corrected chi connectivity index (χ4v) is 2.78. The first-order valence-electron chi connectivity index (χ1n) is 5.91. The largest absolute Gasteiger partial charge is 0.494 e. The summed E-state index contributed by atoms with van der Waals surface area (Å²) in [6, 6.07) is 5.85. The molecule has 0 radical (unpaired) electrons. The number of hydrogen-bond donors (Lipinski definition) is 1. The highest BCUT2D eigenvalue weighted by atomic mass is 16.5. The molecule has 4 nitrogen and oxygen atoms in total. The molecule has 1 amide bonds. The van der Waals surface area contributed by atoms with E-state index in [9.17, 15) is 4.79 Å². The van der Waals surface area contributed by atoms with Crippen LogP contribution in [0.1, 0.15) is 19.3 Å². The Labute approximate surface area is 101 Å². The zero-order valence-corrected chi connectivity index (χ0v) is 10.1. The van der Waals surface area contributed by atoms with Crippen molar-refractivity contribution in [2.24, 2.45) is 0 Å². The molecule has 1 aliphatic carbocycles. The van der Waals surface area contributed by atoms with Gasteiger partial charge in [-0.1, -0.05) is 6.07 Å². The van der Waals surface area contributed by atoms with Crippen LogP contribution in [-0.4, -0.2) is 25.6 Å². The monoisotopic (exact) mass is 232 g/mol. The van der Waals surface area contributed by atoms with Crippen LogP contribution in [0.3, 0.4) is 0 Å². The summed E-state index contributed by atoms with van der Waals surface area (Å²) < 4.78 is 5.29. The molecule has 3 rings (SSSR count). The molecule has 1 fully saturated rings. The molecule has 1 aromatic carbocycles. The van der Waals surface area contributed by atoms with E-state index in [1.54, 1.807) is 7.11 Å². The Morgan fingerprint density at radius 1 is 1.41 bits per heavy atom. The van der Waals surface area contributed by atoms with Crippen LogP contribution in [0.15, 0.2) is 18.2 Å². The summed E-state index contributed by atoms with van der Waals surface area (Å²) in [7, 11) is 3.62. The minimum absolute atomic E-state index is 0.100. The van der Waals surface area contributed by atoms with Gasteiger partial charge in [0.2, 0.25) is 5.91 Å².